The van der Waals surface area contributed by atoms with E-state index in [2.05, 4.69) is 5.32 Å². The Balaban J connectivity index is 1.57. The SMILES string of the molecule is O=C(NCc1ccco1)C1CCN(C(=O)c2ccc(F)c(C(F)(F)F)c2)CC1. The summed E-state index contributed by atoms with van der Waals surface area (Å²) in [5, 5.41) is 2.76. The van der Waals surface area contributed by atoms with Crippen LogP contribution in [0.4, 0.5) is 17.6 Å². The highest BCUT2D eigenvalue weighted by atomic mass is 19.4. The number of piperidine rings is 1. The van der Waals surface area contributed by atoms with Crippen LogP contribution in [0.3, 0.4) is 0 Å². The van der Waals surface area contributed by atoms with Crippen molar-refractivity contribution >= 4 is 11.8 Å². The molecule has 0 atom stereocenters. The lowest BCUT2D eigenvalue weighted by Gasteiger charge is -2.31. The summed E-state index contributed by atoms with van der Waals surface area (Å²) in [6.45, 7) is 0.730. The largest absolute Gasteiger partial charge is 0.467 e. The summed E-state index contributed by atoms with van der Waals surface area (Å²) in [4.78, 5) is 26.1. The van der Waals surface area contributed by atoms with Crippen molar-refractivity contribution in [1.82, 2.24) is 10.2 Å². The molecule has 0 saturated carbocycles. The van der Waals surface area contributed by atoms with Gasteiger partial charge in [0, 0.05) is 24.6 Å². The van der Waals surface area contributed by atoms with E-state index in [1.165, 1.54) is 11.2 Å². The van der Waals surface area contributed by atoms with E-state index in [-0.39, 0.29) is 37.0 Å². The molecule has 0 bridgehead atoms. The molecule has 150 valence electrons. The number of nitrogens with one attached hydrogen (secondary N) is 1. The van der Waals surface area contributed by atoms with Crippen molar-refractivity contribution in [2.75, 3.05) is 13.1 Å². The molecule has 3 rings (SSSR count). The van der Waals surface area contributed by atoms with Crippen molar-refractivity contribution in [1.29, 1.82) is 0 Å². The number of rotatable bonds is 4. The number of halogens is 4. The zero-order valence-corrected chi connectivity index (χ0v) is 14.8. The van der Waals surface area contributed by atoms with Gasteiger partial charge in [-0.1, -0.05) is 0 Å². The van der Waals surface area contributed by atoms with E-state index in [9.17, 15) is 27.2 Å². The van der Waals surface area contributed by atoms with Gasteiger partial charge in [0.2, 0.25) is 5.91 Å². The predicted octanol–water partition coefficient (Wildman–Crippen LogP) is 3.61. The Hall–Kier alpha value is -2.84. The molecule has 2 amide bonds. The van der Waals surface area contributed by atoms with Crippen LogP contribution in [0.25, 0.3) is 0 Å². The Morgan fingerprint density at radius 1 is 1.18 bits per heavy atom. The summed E-state index contributed by atoms with van der Waals surface area (Å²) in [6.07, 6.45) is -2.59. The van der Waals surface area contributed by atoms with Gasteiger partial charge in [-0.3, -0.25) is 9.59 Å². The molecule has 1 aliphatic heterocycles. The number of amides is 2. The normalized spacial score (nSPS) is 15.5. The second-order valence-corrected chi connectivity index (χ2v) is 6.56. The van der Waals surface area contributed by atoms with Crippen molar-refractivity contribution in [3.05, 3.63) is 59.3 Å². The number of carbonyl (C=O) groups excluding carboxylic acids is 2. The van der Waals surface area contributed by atoms with E-state index in [0.717, 1.165) is 6.07 Å². The maximum Gasteiger partial charge on any atom is 0.419 e. The van der Waals surface area contributed by atoms with Crippen LogP contribution in [0.1, 0.15) is 34.5 Å². The number of alkyl halides is 3. The molecule has 1 saturated heterocycles. The molecule has 1 aromatic heterocycles. The highest BCUT2D eigenvalue weighted by molar-refractivity contribution is 5.94. The predicted molar refractivity (Wildman–Crippen MR) is 90.6 cm³/mol. The van der Waals surface area contributed by atoms with Crippen molar-refractivity contribution in [2.24, 2.45) is 5.92 Å². The number of benzene rings is 1. The smallest absolute Gasteiger partial charge is 0.419 e. The van der Waals surface area contributed by atoms with Gasteiger partial charge in [0.05, 0.1) is 18.4 Å². The maximum absolute atomic E-state index is 13.4. The first-order valence-electron chi connectivity index (χ1n) is 8.72. The highest BCUT2D eigenvalue weighted by Gasteiger charge is 2.35. The molecule has 1 N–H and O–H groups in total. The summed E-state index contributed by atoms with van der Waals surface area (Å²) in [7, 11) is 0. The zero-order chi connectivity index (χ0) is 20.3. The molecule has 0 radical (unpaired) electrons. The van der Waals surface area contributed by atoms with Gasteiger partial charge in [0.15, 0.2) is 0 Å². The molecule has 2 heterocycles. The fourth-order valence-corrected chi connectivity index (χ4v) is 3.13. The topological polar surface area (TPSA) is 62.6 Å². The first-order chi connectivity index (χ1) is 13.3. The second-order valence-electron chi connectivity index (χ2n) is 6.56. The van der Waals surface area contributed by atoms with Crippen LogP contribution >= 0.6 is 0 Å². The van der Waals surface area contributed by atoms with E-state index >= 15 is 0 Å². The molecular formula is C19H18F4N2O3. The minimum atomic E-state index is -4.88. The van der Waals surface area contributed by atoms with Crippen LogP contribution in [0.15, 0.2) is 41.0 Å². The fourth-order valence-electron chi connectivity index (χ4n) is 3.13. The lowest BCUT2D eigenvalue weighted by molar-refractivity contribution is -0.140. The van der Waals surface area contributed by atoms with Crippen molar-refractivity contribution in [3.8, 4) is 0 Å². The van der Waals surface area contributed by atoms with Crippen LogP contribution in [0.5, 0.6) is 0 Å². The highest BCUT2D eigenvalue weighted by Crippen LogP contribution is 2.32. The molecule has 0 spiro atoms. The Morgan fingerprint density at radius 2 is 1.89 bits per heavy atom. The fraction of sp³-hybridized carbons (Fsp3) is 0.368. The summed E-state index contributed by atoms with van der Waals surface area (Å²) >= 11 is 0. The Labute approximate surface area is 158 Å². The summed E-state index contributed by atoms with van der Waals surface area (Å²) in [5.74, 6) is -1.86. The third-order valence-electron chi connectivity index (χ3n) is 4.69. The molecule has 1 fully saturated rings. The Morgan fingerprint density at radius 3 is 2.50 bits per heavy atom. The summed E-state index contributed by atoms with van der Waals surface area (Å²) in [5.41, 5.74) is -1.69. The maximum atomic E-state index is 13.4. The molecule has 0 aliphatic carbocycles. The minimum Gasteiger partial charge on any atom is -0.467 e. The molecule has 28 heavy (non-hydrogen) atoms. The van der Waals surface area contributed by atoms with Crippen LogP contribution < -0.4 is 5.32 Å². The molecule has 0 unspecified atom stereocenters. The van der Waals surface area contributed by atoms with Gasteiger partial charge in [-0.2, -0.15) is 13.2 Å². The third kappa shape index (κ3) is 4.52. The summed E-state index contributed by atoms with van der Waals surface area (Å²) in [6, 6.07) is 5.66. The molecular weight excluding hydrogens is 380 g/mol. The van der Waals surface area contributed by atoms with Gasteiger partial charge < -0.3 is 14.6 Å². The minimum absolute atomic E-state index is 0.162. The van der Waals surface area contributed by atoms with E-state index < -0.39 is 23.5 Å². The number of hydrogen-bond acceptors (Lipinski definition) is 3. The van der Waals surface area contributed by atoms with Crippen molar-refractivity contribution in [2.45, 2.75) is 25.6 Å². The van der Waals surface area contributed by atoms with E-state index in [4.69, 9.17) is 4.42 Å². The first-order valence-corrected chi connectivity index (χ1v) is 8.72. The van der Waals surface area contributed by atoms with E-state index in [1.807, 2.05) is 0 Å². The van der Waals surface area contributed by atoms with Gasteiger partial charge in [-0.15, -0.1) is 0 Å². The molecule has 5 nitrogen and oxygen atoms in total. The lowest BCUT2D eigenvalue weighted by atomic mass is 9.95. The lowest BCUT2D eigenvalue weighted by Crippen LogP contribution is -2.43. The van der Waals surface area contributed by atoms with Gasteiger partial charge >= 0.3 is 6.18 Å². The third-order valence-corrected chi connectivity index (χ3v) is 4.69. The average molecular weight is 398 g/mol. The zero-order valence-electron chi connectivity index (χ0n) is 14.8. The quantitative estimate of drug-likeness (QED) is 0.801. The average Bonchev–Trinajstić information content (AvgIpc) is 3.19. The second kappa shape index (κ2) is 8.04. The summed E-state index contributed by atoms with van der Waals surface area (Å²) < 4.78 is 57.0. The van der Waals surface area contributed by atoms with Gasteiger partial charge in [0.25, 0.3) is 5.91 Å². The standard InChI is InChI=1S/C19H18F4N2O3/c20-16-4-3-13(10-15(16)19(21,22)23)18(27)25-7-5-12(6-8-25)17(26)24-11-14-2-1-9-28-14/h1-4,9-10,12H,5-8,11H2,(H,24,26). The van der Waals surface area contributed by atoms with Crippen LogP contribution in [-0.4, -0.2) is 29.8 Å². The molecule has 9 heteroatoms. The van der Waals surface area contributed by atoms with Crippen molar-refractivity contribution in [3.63, 3.8) is 0 Å². The number of nitrogens with zero attached hydrogens (tertiary/aromatic N) is 1. The van der Waals surface area contributed by atoms with Gasteiger partial charge in [-0.05, 0) is 43.2 Å². The van der Waals surface area contributed by atoms with Gasteiger partial charge in [-0.25, -0.2) is 4.39 Å². The van der Waals surface area contributed by atoms with Crippen LogP contribution in [0, 0.1) is 11.7 Å². The number of furan rings is 1. The van der Waals surface area contributed by atoms with Crippen LogP contribution in [0.2, 0.25) is 0 Å². The van der Waals surface area contributed by atoms with E-state index in [0.29, 0.717) is 30.7 Å². The Kier molecular flexibility index (Phi) is 5.71. The molecule has 1 aliphatic rings. The molecule has 1 aromatic carbocycles. The number of likely N-dealkylation sites (tertiary alicyclic amines) is 1. The van der Waals surface area contributed by atoms with Crippen molar-refractivity contribution < 1.29 is 31.6 Å². The number of carbonyl (C=O) groups is 2. The van der Waals surface area contributed by atoms with Gasteiger partial charge in [0.1, 0.15) is 11.6 Å². The molecule has 2 aromatic rings. The first kappa shape index (κ1) is 19.9. The van der Waals surface area contributed by atoms with E-state index in [1.54, 1.807) is 12.1 Å². The monoisotopic (exact) mass is 398 g/mol. The number of hydrogen-bond donors (Lipinski definition) is 1. The van der Waals surface area contributed by atoms with Crippen LogP contribution in [-0.2, 0) is 17.5 Å². The Bertz CT molecular complexity index is 841.